The van der Waals surface area contributed by atoms with E-state index in [-0.39, 0.29) is 6.10 Å². The summed E-state index contributed by atoms with van der Waals surface area (Å²) < 4.78 is 5.20. The fourth-order valence-corrected chi connectivity index (χ4v) is 0.777. The first-order valence-electron chi connectivity index (χ1n) is 4.91. The molecule has 0 heterocycles. The Hall–Kier alpha value is -1.10. The number of hydrogen-bond acceptors (Lipinski definition) is 3. The zero-order valence-corrected chi connectivity index (χ0v) is 9.66. The predicted molar refractivity (Wildman–Crippen MR) is 55.5 cm³/mol. The quantitative estimate of drug-likeness (QED) is 0.505. The van der Waals surface area contributed by atoms with E-state index < -0.39 is 17.3 Å². The van der Waals surface area contributed by atoms with Crippen LogP contribution in [0.15, 0.2) is 0 Å². The minimum atomic E-state index is -1.39. The van der Waals surface area contributed by atoms with Gasteiger partial charge in [0.25, 0.3) is 0 Å². The van der Waals surface area contributed by atoms with E-state index in [2.05, 4.69) is 5.32 Å². The molecule has 0 rings (SSSR count). The molecule has 5 heteroatoms. The van der Waals surface area contributed by atoms with Crippen molar-refractivity contribution in [3.8, 4) is 0 Å². The first kappa shape index (κ1) is 13.9. The Labute approximate surface area is 89.8 Å². The second-order valence-corrected chi connectivity index (χ2v) is 4.11. The largest absolute Gasteiger partial charge is 0.480 e. The molecule has 0 radical (unpaired) electrons. The molecular weight excluding hydrogens is 198 g/mol. The Bertz CT molecular complexity index is 236. The first-order chi connectivity index (χ1) is 6.78. The van der Waals surface area contributed by atoms with E-state index in [1.165, 1.54) is 13.8 Å². The summed E-state index contributed by atoms with van der Waals surface area (Å²) in [5.74, 6) is -1.63. The van der Waals surface area contributed by atoms with Crippen LogP contribution in [0, 0.1) is 5.41 Å². The number of carboxylic acid groups (broad SMARTS) is 1. The zero-order valence-electron chi connectivity index (χ0n) is 9.66. The zero-order chi connectivity index (χ0) is 12.1. The van der Waals surface area contributed by atoms with Crippen molar-refractivity contribution in [1.29, 1.82) is 0 Å². The van der Waals surface area contributed by atoms with E-state index in [4.69, 9.17) is 9.84 Å². The van der Waals surface area contributed by atoms with E-state index in [1.54, 1.807) is 0 Å². The highest BCUT2D eigenvalue weighted by Crippen LogP contribution is 2.14. The van der Waals surface area contributed by atoms with Crippen LogP contribution in [0.4, 0.5) is 0 Å². The highest BCUT2D eigenvalue weighted by molar-refractivity contribution is 6.00. The van der Waals surface area contributed by atoms with Crippen LogP contribution in [0.3, 0.4) is 0 Å². The maximum Gasteiger partial charge on any atom is 0.318 e. The average Bonchev–Trinajstić information content (AvgIpc) is 2.11. The van der Waals surface area contributed by atoms with Gasteiger partial charge in [0.15, 0.2) is 0 Å². The topological polar surface area (TPSA) is 75.6 Å². The fourth-order valence-electron chi connectivity index (χ4n) is 0.777. The molecule has 88 valence electrons. The van der Waals surface area contributed by atoms with Crippen molar-refractivity contribution in [1.82, 2.24) is 5.32 Å². The van der Waals surface area contributed by atoms with Crippen LogP contribution >= 0.6 is 0 Å². The van der Waals surface area contributed by atoms with Crippen LogP contribution < -0.4 is 5.32 Å². The highest BCUT2D eigenvalue weighted by atomic mass is 16.5. The summed E-state index contributed by atoms with van der Waals surface area (Å²) in [5, 5.41) is 11.3. The Balaban J connectivity index is 3.89. The molecule has 15 heavy (non-hydrogen) atoms. The Kier molecular flexibility index (Phi) is 5.28. The lowest BCUT2D eigenvalue weighted by Gasteiger charge is -2.18. The molecule has 5 nitrogen and oxygen atoms in total. The number of aliphatic carboxylic acids is 1. The van der Waals surface area contributed by atoms with Gasteiger partial charge < -0.3 is 15.2 Å². The van der Waals surface area contributed by atoms with Crippen LogP contribution in [0.5, 0.6) is 0 Å². The molecule has 0 bridgehead atoms. The van der Waals surface area contributed by atoms with Gasteiger partial charge in [0, 0.05) is 6.54 Å². The summed E-state index contributed by atoms with van der Waals surface area (Å²) in [6.45, 7) is 7.24. The van der Waals surface area contributed by atoms with E-state index in [0.717, 1.165) is 0 Å². The van der Waals surface area contributed by atoms with Gasteiger partial charge in [0.05, 0.1) is 12.7 Å². The molecule has 0 atom stereocenters. The highest BCUT2D eigenvalue weighted by Gasteiger charge is 2.35. The van der Waals surface area contributed by atoms with Crippen molar-refractivity contribution < 1.29 is 19.4 Å². The SMILES string of the molecule is CC(C)OCCNC(=O)C(C)(C)C(=O)O. The number of amides is 1. The number of hydrogen-bond donors (Lipinski definition) is 2. The predicted octanol–water partition coefficient (Wildman–Crippen LogP) is 0.638. The van der Waals surface area contributed by atoms with Crippen LogP contribution in [-0.2, 0) is 14.3 Å². The minimum Gasteiger partial charge on any atom is -0.480 e. The second-order valence-electron chi connectivity index (χ2n) is 4.11. The average molecular weight is 217 g/mol. The third kappa shape index (κ3) is 4.78. The van der Waals surface area contributed by atoms with Gasteiger partial charge in [0.1, 0.15) is 5.41 Å². The molecule has 2 N–H and O–H groups in total. The molecule has 0 aliphatic rings. The molecule has 0 aromatic rings. The van der Waals surface area contributed by atoms with E-state index in [0.29, 0.717) is 13.2 Å². The van der Waals surface area contributed by atoms with Gasteiger partial charge in [-0.25, -0.2) is 0 Å². The number of carboxylic acids is 1. The monoisotopic (exact) mass is 217 g/mol. The molecule has 0 aromatic heterocycles. The number of ether oxygens (including phenoxy) is 1. The van der Waals surface area contributed by atoms with Crippen molar-refractivity contribution in [3.63, 3.8) is 0 Å². The second kappa shape index (κ2) is 5.70. The molecule has 0 aliphatic heterocycles. The van der Waals surface area contributed by atoms with Crippen molar-refractivity contribution in [3.05, 3.63) is 0 Å². The van der Waals surface area contributed by atoms with Gasteiger partial charge in [-0.1, -0.05) is 0 Å². The van der Waals surface area contributed by atoms with Crippen LogP contribution in [0.1, 0.15) is 27.7 Å². The van der Waals surface area contributed by atoms with E-state index in [9.17, 15) is 9.59 Å². The van der Waals surface area contributed by atoms with Gasteiger partial charge >= 0.3 is 5.97 Å². The van der Waals surface area contributed by atoms with Gasteiger partial charge in [-0.3, -0.25) is 9.59 Å². The maximum atomic E-state index is 11.4. The van der Waals surface area contributed by atoms with Gasteiger partial charge in [-0.05, 0) is 27.7 Å². The number of nitrogens with one attached hydrogen (secondary N) is 1. The summed E-state index contributed by atoms with van der Waals surface area (Å²) in [7, 11) is 0. The first-order valence-corrected chi connectivity index (χ1v) is 4.91. The number of carbonyl (C=O) groups excluding carboxylic acids is 1. The lowest BCUT2D eigenvalue weighted by atomic mass is 9.93. The van der Waals surface area contributed by atoms with Crippen molar-refractivity contribution in [2.75, 3.05) is 13.2 Å². The summed E-state index contributed by atoms with van der Waals surface area (Å²) in [6.07, 6.45) is 0.106. The fraction of sp³-hybridized carbons (Fsp3) is 0.800. The van der Waals surface area contributed by atoms with Crippen LogP contribution in [0.25, 0.3) is 0 Å². The molecule has 0 fully saturated rings. The van der Waals surface area contributed by atoms with E-state index in [1.807, 2.05) is 13.8 Å². The number of carbonyl (C=O) groups is 2. The summed E-state index contributed by atoms with van der Waals surface area (Å²) in [5.41, 5.74) is -1.39. The molecule has 0 saturated heterocycles. The van der Waals surface area contributed by atoms with Crippen molar-refractivity contribution in [2.24, 2.45) is 5.41 Å². The van der Waals surface area contributed by atoms with Gasteiger partial charge in [-0.2, -0.15) is 0 Å². The molecule has 0 unspecified atom stereocenters. The smallest absolute Gasteiger partial charge is 0.318 e. The normalized spacial score (nSPS) is 11.5. The maximum absolute atomic E-state index is 11.4. The minimum absolute atomic E-state index is 0.106. The Morgan fingerprint density at radius 1 is 1.40 bits per heavy atom. The molecule has 0 aliphatic carbocycles. The molecular formula is C10H19NO4. The van der Waals surface area contributed by atoms with Crippen LogP contribution in [0.2, 0.25) is 0 Å². The standard InChI is InChI=1S/C10H19NO4/c1-7(2)15-6-5-11-8(12)10(3,4)9(13)14/h7H,5-6H2,1-4H3,(H,11,12)(H,13,14). The third-order valence-electron chi connectivity index (χ3n) is 1.94. The van der Waals surface area contributed by atoms with Gasteiger partial charge in [0.2, 0.25) is 5.91 Å². The molecule has 0 spiro atoms. The lowest BCUT2D eigenvalue weighted by molar-refractivity contribution is -0.153. The lowest BCUT2D eigenvalue weighted by Crippen LogP contribution is -2.43. The molecule has 1 amide bonds. The van der Waals surface area contributed by atoms with Crippen LogP contribution in [-0.4, -0.2) is 36.2 Å². The summed E-state index contributed by atoms with van der Waals surface area (Å²) >= 11 is 0. The van der Waals surface area contributed by atoms with Crippen molar-refractivity contribution in [2.45, 2.75) is 33.8 Å². The van der Waals surface area contributed by atoms with E-state index >= 15 is 0 Å². The van der Waals surface area contributed by atoms with Gasteiger partial charge in [-0.15, -0.1) is 0 Å². The molecule has 0 saturated carbocycles. The third-order valence-corrected chi connectivity index (χ3v) is 1.94. The summed E-state index contributed by atoms with van der Waals surface area (Å²) in [6, 6.07) is 0. The van der Waals surface area contributed by atoms with Crippen molar-refractivity contribution >= 4 is 11.9 Å². The molecule has 0 aromatic carbocycles. The number of rotatable bonds is 6. The Morgan fingerprint density at radius 2 is 1.93 bits per heavy atom. The summed E-state index contributed by atoms with van der Waals surface area (Å²) in [4.78, 5) is 22.1. The Morgan fingerprint density at radius 3 is 2.33 bits per heavy atom.